The highest BCUT2D eigenvalue weighted by Gasteiger charge is 2.71. The second-order valence-electron chi connectivity index (χ2n) is 21.2. The van der Waals surface area contributed by atoms with Gasteiger partial charge in [0, 0.05) is 28.9 Å². The van der Waals surface area contributed by atoms with Crippen molar-refractivity contribution in [2.75, 3.05) is 6.61 Å². The number of allylic oxidation sites excluding steroid dienone is 1. The Morgan fingerprint density at radius 3 is 2.24 bits per heavy atom. The van der Waals surface area contributed by atoms with Crippen LogP contribution in [0, 0.1) is 62.1 Å². The summed E-state index contributed by atoms with van der Waals surface area (Å²) >= 11 is 0. The van der Waals surface area contributed by atoms with Gasteiger partial charge in [-0.25, -0.2) is 9.67 Å². The molecule has 12 atom stereocenters. The largest absolute Gasteiger partial charge is 0.481 e. The summed E-state index contributed by atoms with van der Waals surface area (Å²) in [4.78, 5) is 22.7. The van der Waals surface area contributed by atoms with Gasteiger partial charge in [0.25, 0.3) is 0 Å². The number of pyridine rings is 1. The van der Waals surface area contributed by atoms with E-state index in [1.54, 1.807) is 18.7 Å². The minimum Gasteiger partial charge on any atom is -0.481 e. The zero-order valence-corrected chi connectivity index (χ0v) is 35.6. The van der Waals surface area contributed by atoms with Crippen molar-refractivity contribution in [3.63, 3.8) is 0 Å². The first-order valence-corrected chi connectivity index (χ1v) is 20.7. The van der Waals surface area contributed by atoms with E-state index in [9.17, 15) is 15.0 Å². The summed E-state index contributed by atoms with van der Waals surface area (Å²) in [5.41, 5.74) is 6.49. The molecule has 4 N–H and O–H groups in total. The second kappa shape index (κ2) is 13.5. The van der Waals surface area contributed by atoms with E-state index >= 15 is 0 Å². The third-order valence-corrected chi connectivity index (χ3v) is 17.2. The molecule has 0 aromatic carbocycles. The number of nitrogens with zero attached hydrogens (tertiary/aromatic N) is 4. The highest BCUT2D eigenvalue weighted by Crippen LogP contribution is 2.75. The molecule has 0 aliphatic heterocycles. The van der Waals surface area contributed by atoms with E-state index in [0.717, 1.165) is 37.1 Å². The van der Waals surface area contributed by atoms with Gasteiger partial charge in [-0.2, -0.15) is 5.10 Å². The molecule has 3 saturated carbocycles. The summed E-state index contributed by atoms with van der Waals surface area (Å²) < 4.78 is 9.21. The van der Waals surface area contributed by atoms with Crippen molar-refractivity contribution in [3.05, 3.63) is 42.5 Å². The Bertz CT molecular complexity index is 1730. The quantitative estimate of drug-likeness (QED) is 0.217. The van der Waals surface area contributed by atoms with Crippen molar-refractivity contribution in [2.45, 2.75) is 152 Å². The zero-order valence-electron chi connectivity index (χ0n) is 35.6. The van der Waals surface area contributed by atoms with Crippen LogP contribution in [0.2, 0.25) is 0 Å². The first-order chi connectivity index (χ1) is 24.9. The van der Waals surface area contributed by atoms with Gasteiger partial charge in [0.05, 0.1) is 30.8 Å². The van der Waals surface area contributed by atoms with E-state index in [2.05, 4.69) is 94.1 Å². The molecule has 2 aromatic rings. The molecule has 9 nitrogen and oxygen atoms in total. The number of aliphatic hydroxyl groups is 1. The SMILES string of the molecule is CC(C)[C@@H](C)[C@@]1(C)CC[C@]2(C)[C@H]3CC[C@H]4C(C)(C)[C@@H](OC[C@](C)(N)C(C)(C)C)[C@H](n5ncnc5-c5ccncc5)CC4([C@H](C)O)C3=CC[C@@]2(C)[C@@H]1C(=O)O. The first-order valence-electron chi connectivity index (χ1n) is 20.7. The van der Waals surface area contributed by atoms with Crippen LogP contribution in [-0.4, -0.2) is 60.3 Å². The number of hydrogen-bond acceptors (Lipinski definition) is 7. The third kappa shape index (κ3) is 5.87. The molecule has 0 bridgehead atoms. The standard InChI is InChI=1S/C45H71N5O4/c1-27(2)28(3)41(10)20-21-42(11)31-14-15-34-40(8,9)36(54-25-44(13,46)39(5,6)7)33(50-37(48-26-49-50)30-17-22-47-23-18-30)24-45(34,29(4)51)32(31)16-19-43(42,12)35(41)38(52)53/h16-18,22-23,26-29,31,33-36,51H,14-15,19-21,24-25,46H2,1-13H3,(H,52,53)/t28-,29+,31+,33-,34+,35-,36+,41-,42-,43+,44+,45?/m1/s1. The third-order valence-electron chi connectivity index (χ3n) is 17.2. The molecule has 4 aliphatic carbocycles. The van der Waals surface area contributed by atoms with Gasteiger partial charge < -0.3 is 20.7 Å². The van der Waals surface area contributed by atoms with E-state index in [1.807, 2.05) is 23.7 Å². The Morgan fingerprint density at radius 1 is 1.02 bits per heavy atom. The Labute approximate surface area is 325 Å². The highest BCUT2D eigenvalue weighted by molar-refractivity contribution is 5.73. The number of aliphatic hydroxyl groups excluding tert-OH is 1. The molecule has 300 valence electrons. The van der Waals surface area contributed by atoms with Gasteiger partial charge in [0.15, 0.2) is 5.82 Å². The van der Waals surface area contributed by atoms with Crippen molar-refractivity contribution in [1.82, 2.24) is 19.7 Å². The Balaban J connectivity index is 1.52. The lowest BCUT2D eigenvalue weighted by atomic mass is 9.34. The van der Waals surface area contributed by atoms with Gasteiger partial charge in [-0.05, 0) is 115 Å². The van der Waals surface area contributed by atoms with Crippen LogP contribution < -0.4 is 5.73 Å². The van der Waals surface area contributed by atoms with E-state index in [-0.39, 0.29) is 46.1 Å². The Morgan fingerprint density at radius 2 is 1.67 bits per heavy atom. The summed E-state index contributed by atoms with van der Waals surface area (Å²) in [6, 6.07) is 3.67. The molecule has 1 unspecified atom stereocenters. The van der Waals surface area contributed by atoms with Crippen molar-refractivity contribution in [1.29, 1.82) is 0 Å². The maximum atomic E-state index is 13.6. The molecule has 3 fully saturated rings. The molecule has 54 heavy (non-hydrogen) atoms. The Hall–Kier alpha value is -2.62. The van der Waals surface area contributed by atoms with Gasteiger partial charge in [-0.15, -0.1) is 0 Å². The van der Waals surface area contributed by atoms with E-state index in [0.29, 0.717) is 25.4 Å². The number of nitrogens with two attached hydrogens (primary N) is 1. The lowest BCUT2D eigenvalue weighted by molar-refractivity contribution is -0.216. The van der Waals surface area contributed by atoms with Gasteiger partial charge in [0.1, 0.15) is 6.33 Å². The van der Waals surface area contributed by atoms with Crippen molar-refractivity contribution in [2.24, 2.45) is 67.8 Å². The first kappa shape index (κ1) is 41.0. The monoisotopic (exact) mass is 746 g/mol. The predicted molar refractivity (Wildman–Crippen MR) is 214 cm³/mol. The number of rotatable bonds is 9. The molecule has 0 saturated heterocycles. The Kier molecular flexibility index (Phi) is 10.3. The van der Waals surface area contributed by atoms with Crippen LogP contribution in [0.15, 0.2) is 42.5 Å². The van der Waals surface area contributed by atoms with Crippen LogP contribution in [0.3, 0.4) is 0 Å². The number of carbonyl (C=O) groups is 1. The fraction of sp³-hybridized carbons (Fsp3) is 0.778. The average molecular weight is 746 g/mol. The molecule has 6 rings (SSSR count). The van der Waals surface area contributed by atoms with Crippen LogP contribution in [-0.2, 0) is 9.53 Å². The van der Waals surface area contributed by atoms with Gasteiger partial charge in [0.2, 0.25) is 0 Å². The van der Waals surface area contributed by atoms with Gasteiger partial charge >= 0.3 is 5.97 Å². The predicted octanol–water partition coefficient (Wildman–Crippen LogP) is 8.99. The van der Waals surface area contributed by atoms with Gasteiger partial charge in [-0.1, -0.05) is 87.8 Å². The molecular formula is C45H71N5O4. The number of ether oxygens (including phenoxy) is 1. The molecule has 0 amide bonds. The smallest absolute Gasteiger partial charge is 0.307 e. The summed E-state index contributed by atoms with van der Waals surface area (Å²) in [7, 11) is 0. The number of aliphatic carboxylic acids is 1. The van der Waals surface area contributed by atoms with E-state index < -0.39 is 39.8 Å². The minimum absolute atomic E-state index is 0.110. The van der Waals surface area contributed by atoms with Crippen molar-refractivity contribution >= 4 is 5.97 Å². The lowest BCUT2D eigenvalue weighted by Gasteiger charge is -2.70. The fourth-order valence-corrected chi connectivity index (χ4v) is 12.7. The number of hydrogen-bond donors (Lipinski definition) is 3. The van der Waals surface area contributed by atoms with Crippen LogP contribution >= 0.6 is 0 Å². The van der Waals surface area contributed by atoms with Crippen LogP contribution in [0.1, 0.15) is 135 Å². The van der Waals surface area contributed by atoms with Crippen LogP contribution in [0.25, 0.3) is 11.4 Å². The maximum Gasteiger partial charge on any atom is 0.307 e. The van der Waals surface area contributed by atoms with Crippen LogP contribution in [0.5, 0.6) is 0 Å². The van der Waals surface area contributed by atoms with Crippen molar-refractivity contribution in [3.8, 4) is 11.4 Å². The molecule has 9 heteroatoms. The molecular weight excluding hydrogens is 675 g/mol. The molecule has 0 radical (unpaired) electrons. The lowest BCUT2D eigenvalue weighted by Crippen LogP contribution is -2.67. The number of fused-ring (bicyclic) bond motifs is 5. The molecule has 2 aromatic heterocycles. The second-order valence-corrected chi connectivity index (χ2v) is 21.2. The zero-order chi connectivity index (χ0) is 40.0. The maximum absolute atomic E-state index is 13.6. The van der Waals surface area contributed by atoms with Gasteiger partial charge in [-0.3, -0.25) is 9.78 Å². The average Bonchev–Trinajstić information content (AvgIpc) is 3.57. The summed E-state index contributed by atoms with van der Waals surface area (Å²) in [5, 5.41) is 28.5. The van der Waals surface area contributed by atoms with Crippen LogP contribution in [0.4, 0.5) is 0 Å². The van der Waals surface area contributed by atoms with Crippen molar-refractivity contribution < 1.29 is 19.7 Å². The summed E-state index contributed by atoms with van der Waals surface area (Å²) in [6.45, 7) is 29.3. The number of aromatic nitrogens is 4. The highest BCUT2D eigenvalue weighted by atomic mass is 16.5. The summed E-state index contributed by atoms with van der Waals surface area (Å²) in [5.74, 6) is 0.534. The molecule has 0 spiro atoms. The van der Waals surface area contributed by atoms with E-state index in [4.69, 9.17) is 20.6 Å². The normalized spacial score (nSPS) is 38.7. The fourth-order valence-electron chi connectivity index (χ4n) is 12.7. The molecule has 2 heterocycles. The summed E-state index contributed by atoms with van der Waals surface area (Å²) in [6.07, 6.45) is 11.7. The number of carboxylic acids is 1. The number of carboxylic acid groups (broad SMARTS) is 1. The topological polar surface area (TPSA) is 136 Å². The van der Waals surface area contributed by atoms with E-state index in [1.165, 1.54) is 5.57 Å². The minimum atomic E-state index is -0.662. The molecule has 4 aliphatic rings.